The fourth-order valence-corrected chi connectivity index (χ4v) is 1.93. The predicted octanol–water partition coefficient (Wildman–Crippen LogP) is 2.52. The van der Waals surface area contributed by atoms with Crippen LogP contribution in [0.4, 0.5) is 13.2 Å². The summed E-state index contributed by atoms with van der Waals surface area (Å²) >= 11 is 0. The topological polar surface area (TPSA) is 56.7 Å². The molecule has 8 heteroatoms. The van der Waals surface area contributed by atoms with Gasteiger partial charge in [-0.15, -0.1) is 10.2 Å². The zero-order chi connectivity index (χ0) is 13.6. The lowest BCUT2D eigenvalue weighted by Gasteiger charge is -2.03. The Hall–Kier alpha value is -1.86. The van der Waals surface area contributed by atoms with Gasteiger partial charge in [0, 0.05) is 18.5 Å². The quantitative estimate of drug-likeness (QED) is 0.861. The number of hydrogen-bond acceptors (Lipinski definition) is 4. The molecule has 0 aliphatic heterocycles. The number of halogens is 3. The van der Waals surface area contributed by atoms with Gasteiger partial charge in [0.2, 0.25) is 11.8 Å². The first-order valence-electron chi connectivity index (χ1n) is 5.87. The molecule has 2 aromatic heterocycles. The number of alkyl halides is 3. The first-order chi connectivity index (χ1) is 8.93. The molecular formula is C11H11F3N4O. The normalized spacial score (nSPS) is 16.0. The highest BCUT2D eigenvalue weighted by atomic mass is 19.4. The van der Waals surface area contributed by atoms with Crippen molar-refractivity contribution in [3.8, 4) is 0 Å². The SMILES string of the molecule is Cc1nnc(Cn2nc(C(F)(F)F)cc2C2CC2)o1. The monoisotopic (exact) mass is 272 g/mol. The molecule has 1 aliphatic carbocycles. The third-order valence-electron chi connectivity index (χ3n) is 2.95. The van der Waals surface area contributed by atoms with Crippen LogP contribution in [0.2, 0.25) is 0 Å². The van der Waals surface area contributed by atoms with Gasteiger partial charge in [0.05, 0.1) is 0 Å². The fourth-order valence-electron chi connectivity index (χ4n) is 1.93. The molecule has 2 aromatic rings. The Labute approximate surface area is 106 Å². The Kier molecular flexibility index (Phi) is 2.61. The molecule has 3 rings (SSSR count). The summed E-state index contributed by atoms with van der Waals surface area (Å²) in [5, 5.41) is 11.0. The van der Waals surface area contributed by atoms with E-state index >= 15 is 0 Å². The van der Waals surface area contributed by atoms with Crippen molar-refractivity contribution in [3.05, 3.63) is 29.2 Å². The average Bonchev–Trinajstić information content (AvgIpc) is 2.94. The second-order valence-electron chi connectivity index (χ2n) is 4.60. The van der Waals surface area contributed by atoms with Gasteiger partial charge in [0.25, 0.3) is 0 Å². The molecule has 1 saturated carbocycles. The van der Waals surface area contributed by atoms with E-state index in [9.17, 15) is 13.2 Å². The van der Waals surface area contributed by atoms with Crippen LogP contribution in [0.3, 0.4) is 0 Å². The third-order valence-corrected chi connectivity index (χ3v) is 2.95. The van der Waals surface area contributed by atoms with Crippen LogP contribution >= 0.6 is 0 Å². The summed E-state index contributed by atoms with van der Waals surface area (Å²) in [6.45, 7) is 1.70. The predicted molar refractivity (Wildman–Crippen MR) is 57.3 cm³/mol. The van der Waals surface area contributed by atoms with E-state index in [1.807, 2.05) is 0 Å². The Morgan fingerprint density at radius 1 is 1.37 bits per heavy atom. The molecule has 1 aliphatic rings. The Bertz CT molecular complexity index is 597. The van der Waals surface area contributed by atoms with Crippen molar-refractivity contribution >= 4 is 0 Å². The Morgan fingerprint density at radius 3 is 2.63 bits per heavy atom. The molecule has 0 atom stereocenters. The van der Waals surface area contributed by atoms with Crippen LogP contribution in [0, 0.1) is 6.92 Å². The van der Waals surface area contributed by atoms with E-state index in [0.717, 1.165) is 18.9 Å². The maximum atomic E-state index is 12.7. The Balaban J connectivity index is 1.92. The molecule has 0 amide bonds. The van der Waals surface area contributed by atoms with Gasteiger partial charge in [-0.1, -0.05) is 0 Å². The summed E-state index contributed by atoms with van der Waals surface area (Å²) in [4.78, 5) is 0. The number of nitrogens with zero attached hydrogens (tertiary/aromatic N) is 4. The van der Waals surface area contributed by atoms with Crippen molar-refractivity contribution in [2.45, 2.75) is 38.4 Å². The second kappa shape index (κ2) is 4.07. The highest BCUT2D eigenvalue weighted by molar-refractivity contribution is 5.21. The van der Waals surface area contributed by atoms with Crippen LogP contribution in [0.25, 0.3) is 0 Å². The minimum atomic E-state index is -4.43. The summed E-state index contributed by atoms with van der Waals surface area (Å²) in [6, 6.07) is 1.11. The maximum absolute atomic E-state index is 12.7. The molecular weight excluding hydrogens is 261 g/mol. The van der Waals surface area contributed by atoms with Crippen molar-refractivity contribution in [1.29, 1.82) is 0 Å². The summed E-state index contributed by atoms with van der Waals surface area (Å²) in [5.41, 5.74) is -0.284. The van der Waals surface area contributed by atoms with E-state index in [1.54, 1.807) is 6.92 Å². The highest BCUT2D eigenvalue weighted by Crippen LogP contribution is 2.42. The molecule has 0 unspecified atom stereocenters. The lowest BCUT2D eigenvalue weighted by atomic mass is 10.2. The molecule has 0 aromatic carbocycles. The summed E-state index contributed by atoms with van der Waals surface area (Å²) < 4.78 is 44.5. The highest BCUT2D eigenvalue weighted by Gasteiger charge is 2.37. The standard InChI is InChI=1S/C11H11F3N4O/c1-6-15-16-10(19-6)5-18-8(7-2-3-7)4-9(17-18)11(12,13)14/h4,7H,2-3,5H2,1H3. The molecule has 1 fully saturated rings. The summed E-state index contributed by atoms with van der Waals surface area (Å²) in [5.74, 6) is 0.801. The van der Waals surface area contributed by atoms with Crippen LogP contribution in [0.5, 0.6) is 0 Å². The smallest absolute Gasteiger partial charge is 0.424 e. The van der Waals surface area contributed by atoms with Crippen molar-refractivity contribution < 1.29 is 17.6 Å². The summed E-state index contributed by atoms with van der Waals surface area (Å²) in [6.07, 6.45) is -2.64. The summed E-state index contributed by atoms with van der Waals surface area (Å²) in [7, 11) is 0. The lowest BCUT2D eigenvalue weighted by Crippen LogP contribution is -2.09. The molecule has 0 saturated heterocycles. The van der Waals surface area contributed by atoms with E-state index < -0.39 is 11.9 Å². The van der Waals surface area contributed by atoms with Gasteiger partial charge in [-0.25, -0.2) is 0 Å². The van der Waals surface area contributed by atoms with Crippen LogP contribution in [0.1, 0.15) is 41.9 Å². The van der Waals surface area contributed by atoms with Crippen LogP contribution in [0.15, 0.2) is 10.5 Å². The van der Waals surface area contributed by atoms with Gasteiger partial charge < -0.3 is 4.42 Å². The molecule has 102 valence electrons. The molecule has 5 nitrogen and oxygen atoms in total. The largest absolute Gasteiger partial charge is 0.435 e. The molecule has 0 radical (unpaired) electrons. The van der Waals surface area contributed by atoms with Crippen molar-refractivity contribution in [1.82, 2.24) is 20.0 Å². The van der Waals surface area contributed by atoms with Crippen molar-refractivity contribution in [3.63, 3.8) is 0 Å². The van der Waals surface area contributed by atoms with Gasteiger partial charge in [0.15, 0.2) is 5.69 Å². The fraction of sp³-hybridized carbons (Fsp3) is 0.545. The van der Waals surface area contributed by atoms with Gasteiger partial charge >= 0.3 is 6.18 Å². The third kappa shape index (κ3) is 2.47. The maximum Gasteiger partial charge on any atom is 0.435 e. The van der Waals surface area contributed by atoms with E-state index in [1.165, 1.54) is 4.68 Å². The number of hydrogen-bond donors (Lipinski definition) is 0. The minimum absolute atomic E-state index is 0.0722. The van der Waals surface area contributed by atoms with Crippen molar-refractivity contribution in [2.24, 2.45) is 0 Å². The molecule has 0 bridgehead atoms. The molecule has 19 heavy (non-hydrogen) atoms. The number of aromatic nitrogens is 4. The first-order valence-corrected chi connectivity index (χ1v) is 5.87. The van der Waals surface area contributed by atoms with Gasteiger partial charge in [0.1, 0.15) is 6.54 Å². The van der Waals surface area contributed by atoms with E-state index in [-0.39, 0.29) is 18.4 Å². The minimum Gasteiger partial charge on any atom is -0.424 e. The molecule has 0 spiro atoms. The number of rotatable bonds is 3. The molecule has 0 N–H and O–H groups in total. The van der Waals surface area contributed by atoms with Crippen LogP contribution < -0.4 is 0 Å². The van der Waals surface area contributed by atoms with Gasteiger partial charge in [-0.05, 0) is 18.9 Å². The van der Waals surface area contributed by atoms with Gasteiger partial charge in [-0.3, -0.25) is 4.68 Å². The van der Waals surface area contributed by atoms with Gasteiger partial charge in [-0.2, -0.15) is 18.3 Å². The van der Waals surface area contributed by atoms with Crippen LogP contribution in [-0.2, 0) is 12.7 Å². The number of aryl methyl sites for hydroxylation is 1. The average molecular weight is 272 g/mol. The van der Waals surface area contributed by atoms with E-state index in [0.29, 0.717) is 11.6 Å². The molecule has 2 heterocycles. The van der Waals surface area contributed by atoms with E-state index in [2.05, 4.69) is 15.3 Å². The zero-order valence-electron chi connectivity index (χ0n) is 10.1. The first kappa shape index (κ1) is 12.2. The van der Waals surface area contributed by atoms with E-state index in [4.69, 9.17) is 4.42 Å². The lowest BCUT2D eigenvalue weighted by molar-refractivity contribution is -0.141. The van der Waals surface area contributed by atoms with Crippen molar-refractivity contribution in [2.75, 3.05) is 0 Å². The Morgan fingerprint density at radius 2 is 2.11 bits per heavy atom. The second-order valence-corrected chi connectivity index (χ2v) is 4.60. The zero-order valence-corrected chi connectivity index (χ0v) is 10.1. The van der Waals surface area contributed by atoms with Crippen LogP contribution in [-0.4, -0.2) is 20.0 Å².